The summed E-state index contributed by atoms with van der Waals surface area (Å²) in [5, 5.41) is 2.64. The molecule has 0 saturated heterocycles. The van der Waals surface area contributed by atoms with Gasteiger partial charge in [0, 0.05) is 0 Å². The molecule has 6 nitrogen and oxygen atoms in total. The standard InChI is InChI=1S/C18H23NO5/c1-22-15-8-4-5-9-16(15)23-11-10-19-17(20)13-24-18(21)12-14-6-2-3-7-14/h2,4-6,8-9,14H,3,7,10-13H2,1H3,(H,19,20)/t14-/m1/s1. The van der Waals surface area contributed by atoms with Crippen LogP contribution >= 0.6 is 0 Å². The lowest BCUT2D eigenvalue weighted by molar-refractivity contribution is -0.149. The van der Waals surface area contributed by atoms with E-state index in [2.05, 4.69) is 11.4 Å². The second kappa shape index (κ2) is 9.60. The SMILES string of the molecule is COc1ccccc1OCCNC(=O)COC(=O)C[C@@H]1C=CCC1. The minimum Gasteiger partial charge on any atom is -0.493 e. The number of esters is 1. The van der Waals surface area contributed by atoms with Crippen LogP contribution in [0.1, 0.15) is 19.3 Å². The number of para-hydroxylation sites is 2. The number of hydrogen-bond acceptors (Lipinski definition) is 5. The summed E-state index contributed by atoms with van der Waals surface area (Å²) in [4.78, 5) is 23.3. The van der Waals surface area contributed by atoms with E-state index in [1.54, 1.807) is 19.2 Å². The molecule has 130 valence electrons. The Labute approximate surface area is 141 Å². The lowest BCUT2D eigenvalue weighted by Crippen LogP contribution is -2.32. The molecule has 0 aliphatic heterocycles. The Kier molecular flexibility index (Phi) is 7.14. The summed E-state index contributed by atoms with van der Waals surface area (Å²) in [6, 6.07) is 7.28. The Morgan fingerprint density at radius 3 is 2.75 bits per heavy atom. The van der Waals surface area contributed by atoms with Gasteiger partial charge in [0.05, 0.1) is 20.1 Å². The topological polar surface area (TPSA) is 73.9 Å². The fourth-order valence-electron chi connectivity index (χ4n) is 2.42. The highest BCUT2D eigenvalue weighted by atomic mass is 16.5. The second-order valence-corrected chi connectivity index (χ2v) is 5.48. The minimum absolute atomic E-state index is 0.245. The molecule has 0 aromatic heterocycles. The Hall–Kier alpha value is -2.50. The van der Waals surface area contributed by atoms with Crippen molar-refractivity contribution in [1.82, 2.24) is 5.32 Å². The second-order valence-electron chi connectivity index (χ2n) is 5.48. The first-order valence-electron chi connectivity index (χ1n) is 8.04. The molecule has 0 radical (unpaired) electrons. The highest BCUT2D eigenvalue weighted by Gasteiger charge is 2.15. The number of benzene rings is 1. The number of nitrogens with one attached hydrogen (secondary N) is 1. The molecular formula is C18H23NO5. The van der Waals surface area contributed by atoms with Crippen molar-refractivity contribution in [3.05, 3.63) is 36.4 Å². The van der Waals surface area contributed by atoms with Gasteiger partial charge in [-0.2, -0.15) is 0 Å². The van der Waals surface area contributed by atoms with Crippen LogP contribution in [0.25, 0.3) is 0 Å². The molecule has 6 heteroatoms. The zero-order chi connectivity index (χ0) is 17.2. The van der Waals surface area contributed by atoms with E-state index in [4.69, 9.17) is 14.2 Å². The minimum atomic E-state index is -0.341. The molecular weight excluding hydrogens is 310 g/mol. The highest BCUT2D eigenvalue weighted by Crippen LogP contribution is 2.25. The number of ether oxygens (including phenoxy) is 3. The third kappa shape index (κ3) is 5.95. The quantitative estimate of drug-likeness (QED) is 0.425. The van der Waals surface area contributed by atoms with E-state index in [9.17, 15) is 9.59 Å². The maximum Gasteiger partial charge on any atom is 0.306 e. The van der Waals surface area contributed by atoms with E-state index >= 15 is 0 Å². The van der Waals surface area contributed by atoms with Crippen molar-refractivity contribution >= 4 is 11.9 Å². The molecule has 2 rings (SSSR count). The normalized spacial score (nSPS) is 15.8. The van der Waals surface area contributed by atoms with E-state index < -0.39 is 0 Å². The molecule has 0 heterocycles. The summed E-state index contributed by atoms with van der Waals surface area (Å²) < 4.78 is 15.7. The van der Waals surface area contributed by atoms with Crippen LogP contribution in [-0.4, -0.2) is 38.7 Å². The van der Waals surface area contributed by atoms with E-state index in [1.807, 2.05) is 18.2 Å². The first-order valence-corrected chi connectivity index (χ1v) is 8.04. The van der Waals surface area contributed by atoms with Gasteiger partial charge in [0.2, 0.25) is 0 Å². The summed E-state index contributed by atoms with van der Waals surface area (Å²) in [5.41, 5.74) is 0. The van der Waals surface area contributed by atoms with Crippen LogP contribution in [-0.2, 0) is 14.3 Å². The smallest absolute Gasteiger partial charge is 0.306 e. The predicted molar refractivity (Wildman–Crippen MR) is 88.9 cm³/mol. The van der Waals surface area contributed by atoms with Crippen molar-refractivity contribution in [3.63, 3.8) is 0 Å². The first-order chi connectivity index (χ1) is 11.7. The third-order valence-electron chi connectivity index (χ3n) is 3.66. The van der Waals surface area contributed by atoms with Gasteiger partial charge >= 0.3 is 5.97 Å². The van der Waals surface area contributed by atoms with Gasteiger partial charge in [-0.05, 0) is 30.9 Å². The summed E-state index contributed by atoms with van der Waals surface area (Å²) in [6.07, 6.45) is 6.40. The summed E-state index contributed by atoms with van der Waals surface area (Å²) in [6.45, 7) is 0.358. The van der Waals surface area contributed by atoms with E-state index in [0.717, 1.165) is 12.8 Å². The van der Waals surface area contributed by atoms with E-state index in [1.165, 1.54) is 0 Å². The van der Waals surface area contributed by atoms with Crippen molar-refractivity contribution in [1.29, 1.82) is 0 Å². The third-order valence-corrected chi connectivity index (χ3v) is 3.66. The molecule has 1 aliphatic rings. The molecule has 0 unspecified atom stereocenters. The number of carbonyl (C=O) groups excluding carboxylic acids is 2. The fourth-order valence-corrected chi connectivity index (χ4v) is 2.42. The van der Waals surface area contributed by atoms with Gasteiger partial charge in [0.25, 0.3) is 5.91 Å². The van der Waals surface area contributed by atoms with Crippen molar-refractivity contribution in [2.24, 2.45) is 5.92 Å². The lowest BCUT2D eigenvalue weighted by Gasteiger charge is -2.11. The molecule has 1 atom stereocenters. The number of amides is 1. The summed E-state index contributed by atoms with van der Waals surface area (Å²) in [7, 11) is 1.57. The van der Waals surface area contributed by atoms with Crippen LogP contribution in [0.3, 0.4) is 0 Å². The van der Waals surface area contributed by atoms with Crippen LogP contribution in [0.2, 0.25) is 0 Å². The molecule has 1 N–H and O–H groups in total. The molecule has 1 aliphatic carbocycles. The molecule has 1 aromatic carbocycles. The van der Waals surface area contributed by atoms with Gasteiger partial charge in [-0.25, -0.2) is 0 Å². The van der Waals surface area contributed by atoms with E-state index in [-0.39, 0.29) is 24.4 Å². The average Bonchev–Trinajstić information content (AvgIpc) is 3.10. The zero-order valence-corrected chi connectivity index (χ0v) is 13.8. The Balaban J connectivity index is 1.57. The first kappa shape index (κ1) is 17.8. The molecule has 0 spiro atoms. The summed E-state index contributed by atoms with van der Waals surface area (Å²) >= 11 is 0. The van der Waals surface area contributed by atoms with Crippen LogP contribution in [0.15, 0.2) is 36.4 Å². The maximum atomic E-state index is 11.6. The number of carbonyl (C=O) groups is 2. The number of hydrogen-bond donors (Lipinski definition) is 1. The number of methoxy groups -OCH3 is 1. The predicted octanol–water partition coefficient (Wildman–Crippen LogP) is 2.09. The van der Waals surface area contributed by atoms with Crippen LogP contribution in [0, 0.1) is 5.92 Å². The zero-order valence-electron chi connectivity index (χ0n) is 13.8. The largest absolute Gasteiger partial charge is 0.493 e. The molecule has 1 aromatic rings. The lowest BCUT2D eigenvalue weighted by atomic mass is 10.1. The van der Waals surface area contributed by atoms with Gasteiger partial charge in [-0.3, -0.25) is 9.59 Å². The number of rotatable bonds is 9. The molecule has 24 heavy (non-hydrogen) atoms. The highest BCUT2D eigenvalue weighted by molar-refractivity contribution is 5.80. The van der Waals surface area contributed by atoms with Gasteiger partial charge in [0.1, 0.15) is 6.61 Å². The number of allylic oxidation sites excluding steroid dienone is 2. The van der Waals surface area contributed by atoms with Gasteiger partial charge in [0.15, 0.2) is 18.1 Å². The van der Waals surface area contributed by atoms with Crippen molar-refractivity contribution < 1.29 is 23.8 Å². The van der Waals surface area contributed by atoms with Gasteiger partial charge in [-0.15, -0.1) is 0 Å². The Morgan fingerprint density at radius 2 is 2.04 bits per heavy atom. The van der Waals surface area contributed by atoms with Crippen LogP contribution < -0.4 is 14.8 Å². The van der Waals surface area contributed by atoms with Gasteiger partial charge in [-0.1, -0.05) is 24.3 Å². The molecule has 0 saturated carbocycles. The Morgan fingerprint density at radius 1 is 1.25 bits per heavy atom. The monoisotopic (exact) mass is 333 g/mol. The van der Waals surface area contributed by atoms with E-state index in [0.29, 0.717) is 31.1 Å². The van der Waals surface area contributed by atoms with Crippen LogP contribution in [0.4, 0.5) is 0 Å². The summed E-state index contributed by atoms with van der Waals surface area (Å²) in [5.74, 6) is 0.819. The maximum absolute atomic E-state index is 11.6. The molecule has 0 bridgehead atoms. The molecule has 1 amide bonds. The van der Waals surface area contributed by atoms with Gasteiger partial charge < -0.3 is 19.5 Å². The van der Waals surface area contributed by atoms with Crippen molar-refractivity contribution in [2.75, 3.05) is 26.9 Å². The average molecular weight is 333 g/mol. The van der Waals surface area contributed by atoms with Crippen molar-refractivity contribution in [3.8, 4) is 11.5 Å². The molecule has 0 fully saturated rings. The van der Waals surface area contributed by atoms with Crippen LogP contribution in [0.5, 0.6) is 11.5 Å². The van der Waals surface area contributed by atoms with Crippen molar-refractivity contribution in [2.45, 2.75) is 19.3 Å². The Bertz CT molecular complexity index is 585. The fraction of sp³-hybridized carbons (Fsp3) is 0.444.